The lowest BCUT2D eigenvalue weighted by Gasteiger charge is -2.36. The van der Waals surface area contributed by atoms with Crippen molar-refractivity contribution in [1.29, 1.82) is 0 Å². The van der Waals surface area contributed by atoms with Gasteiger partial charge in [0.05, 0.1) is 11.3 Å². The van der Waals surface area contributed by atoms with Crippen molar-refractivity contribution in [2.24, 2.45) is 11.8 Å². The summed E-state index contributed by atoms with van der Waals surface area (Å²) in [6.07, 6.45) is 13.3. The van der Waals surface area contributed by atoms with Crippen LogP contribution in [0.3, 0.4) is 0 Å². The highest BCUT2D eigenvalue weighted by Crippen LogP contribution is 2.45. The lowest BCUT2D eigenvalue weighted by atomic mass is 9.69. The molecule has 4 heteroatoms. The van der Waals surface area contributed by atoms with Crippen molar-refractivity contribution in [3.8, 4) is 0 Å². The first-order chi connectivity index (χ1) is 14.0. The van der Waals surface area contributed by atoms with Gasteiger partial charge in [0.2, 0.25) is 0 Å². The number of carbonyl (C=O) groups is 1. The molecular formula is C25H32F2OS. The zero-order valence-corrected chi connectivity index (χ0v) is 18.1. The molecule has 2 aliphatic rings. The fourth-order valence-corrected chi connectivity index (χ4v) is 5.12. The maximum atomic E-state index is 14.4. The van der Waals surface area contributed by atoms with Crippen LogP contribution in [0.1, 0.15) is 75.3 Å². The van der Waals surface area contributed by atoms with E-state index in [1.54, 1.807) is 12.2 Å². The minimum Gasteiger partial charge on any atom is -0.286 e. The average molecular weight is 419 g/mol. The van der Waals surface area contributed by atoms with Gasteiger partial charge in [-0.15, -0.1) is 12.6 Å². The van der Waals surface area contributed by atoms with Gasteiger partial charge in [-0.25, -0.2) is 8.78 Å². The fourth-order valence-electron chi connectivity index (χ4n) is 4.95. The molecule has 0 aromatic heterocycles. The van der Waals surface area contributed by atoms with E-state index in [0.29, 0.717) is 11.5 Å². The van der Waals surface area contributed by atoms with E-state index in [0.717, 1.165) is 24.3 Å². The van der Waals surface area contributed by atoms with Crippen molar-refractivity contribution in [3.05, 3.63) is 59.7 Å². The molecule has 158 valence electrons. The topological polar surface area (TPSA) is 17.1 Å². The molecular weight excluding hydrogens is 386 g/mol. The van der Waals surface area contributed by atoms with Crippen LogP contribution in [-0.2, 0) is 10.2 Å². The number of hydrogen-bond acceptors (Lipinski definition) is 1. The van der Waals surface area contributed by atoms with Gasteiger partial charge in [0.1, 0.15) is 0 Å². The fraction of sp³-hybridized carbons (Fsp3) is 0.560. The SMILES string of the molecule is CCCCCC1CCC(c2ccccc2C2(C(F)F)C=CC(C(=O)S)C=C2)CC1. The second kappa shape index (κ2) is 10.1. The van der Waals surface area contributed by atoms with E-state index < -0.39 is 17.8 Å². The van der Waals surface area contributed by atoms with E-state index in [1.807, 2.05) is 24.3 Å². The van der Waals surface area contributed by atoms with Crippen molar-refractivity contribution in [2.45, 2.75) is 76.0 Å². The lowest BCUT2D eigenvalue weighted by molar-refractivity contribution is -0.112. The number of benzene rings is 1. The second-order valence-electron chi connectivity index (χ2n) is 8.62. The molecule has 0 unspecified atom stereocenters. The summed E-state index contributed by atoms with van der Waals surface area (Å²) >= 11 is 3.85. The van der Waals surface area contributed by atoms with E-state index in [9.17, 15) is 13.6 Å². The Morgan fingerprint density at radius 3 is 2.34 bits per heavy atom. The molecule has 1 aromatic rings. The first-order valence-electron chi connectivity index (χ1n) is 11.0. The first-order valence-corrected chi connectivity index (χ1v) is 11.4. The zero-order valence-electron chi connectivity index (χ0n) is 17.2. The van der Waals surface area contributed by atoms with Crippen LogP contribution in [0.25, 0.3) is 0 Å². The van der Waals surface area contributed by atoms with Crippen LogP contribution in [0, 0.1) is 11.8 Å². The Morgan fingerprint density at radius 1 is 1.10 bits per heavy atom. The average Bonchev–Trinajstić information content (AvgIpc) is 2.74. The van der Waals surface area contributed by atoms with Gasteiger partial charge in [0, 0.05) is 0 Å². The molecule has 0 heterocycles. The van der Waals surface area contributed by atoms with E-state index in [4.69, 9.17) is 0 Å². The van der Waals surface area contributed by atoms with Crippen LogP contribution in [0.15, 0.2) is 48.6 Å². The highest BCUT2D eigenvalue weighted by molar-refractivity contribution is 7.96. The van der Waals surface area contributed by atoms with Gasteiger partial charge in [-0.05, 0) is 48.6 Å². The number of halogens is 2. The van der Waals surface area contributed by atoms with Crippen LogP contribution < -0.4 is 0 Å². The van der Waals surface area contributed by atoms with Gasteiger partial charge in [0.15, 0.2) is 5.12 Å². The van der Waals surface area contributed by atoms with Crippen molar-refractivity contribution in [2.75, 3.05) is 0 Å². The number of unbranched alkanes of at least 4 members (excludes halogenated alkanes) is 2. The van der Waals surface area contributed by atoms with Gasteiger partial charge < -0.3 is 0 Å². The summed E-state index contributed by atoms with van der Waals surface area (Å²) in [5.74, 6) is 0.580. The number of allylic oxidation sites excluding steroid dienone is 4. The molecule has 0 N–H and O–H groups in total. The number of rotatable bonds is 8. The summed E-state index contributed by atoms with van der Waals surface area (Å²) in [5, 5.41) is -0.324. The minimum absolute atomic E-state index is 0.324. The third-order valence-corrected chi connectivity index (χ3v) is 7.03. The highest BCUT2D eigenvalue weighted by atomic mass is 32.1. The molecule has 0 aliphatic heterocycles. The zero-order chi connectivity index (χ0) is 20.9. The smallest absolute Gasteiger partial charge is 0.255 e. The molecule has 1 saturated carbocycles. The molecule has 0 bridgehead atoms. The molecule has 0 amide bonds. The summed E-state index contributed by atoms with van der Waals surface area (Å²) < 4.78 is 28.7. The van der Waals surface area contributed by atoms with Crippen molar-refractivity contribution < 1.29 is 13.6 Å². The molecule has 1 aromatic carbocycles. The Bertz CT molecular complexity index is 733. The first kappa shape index (κ1) is 22.3. The Kier molecular flexibility index (Phi) is 7.72. The standard InChI is InChI=1S/C25H32F2OS/c1-2-3-4-7-18-10-12-19(13-11-18)21-8-5-6-9-22(21)25(24(26)27)16-14-20(15-17-25)23(28)29/h5-6,8-9,14-20,24H,2-4,7,10-13H2,1H3,(H,28,29). The third-order valence-electron chi connectivity index (χ3n) is 6.73. The lowest BCUT2D eigenvalue weighted by Crippen LogP contribution is -2.34. The van der Waals surface area contributed by atoms with Crippen molar-refractivity contribution >= 4 is 17.7 Å². The number of thiol groups is 1. The summed E-state index contributed by atoms with van der Waals surface area (Å²) in [5.41, 5.74) is 0.264. The predicted octanol–water partition coefficient (Wildman–Crippen LogP) is 7.24. The summed E-state index contributed by atoms with van der Waals surface area (Å²) in [7, 11) is 0. The minimum atomic E-state index is -2.57. The largest absolute Gasteiger partial charge is 0.286 e. The normalized spacial score (nSPS) is 29.3. The van der Waals surface area contributed by atoms with E-state index in [-0.39, 0.29) is 5.12 Å². The Balaban J connectivity index is 1.81. The Hall–Kier alpha value is -1.42. The molecule has 1 nitrogen and oxygen atoms in total. The monoisotopic (exact) mass is 418 g/mol. The molecule has 0 atom stereocenters. The molecule has 0 radical (unpaired) electrons. The summed E-state index contributed by atoms with van der Waals surface area (Å²) in [6, 6.07) is 7.67. The van der Waals surface area contributed by atoms with E-state index >= 15 is 0 Å². The predicted molar refractivity (Wildman–Crippen MR) is 119 cm³/mol. The maximum Gasteiger partial charge on any atom is 0.255 e. The van der Waals surface area contributed by atoms with Crippen LogP contribution in [-0.4, -0.2) is 11.5 Å². The second-order valence-corrected chi connectivity index (χ2v) is 9.06. The van der Waals surface area contributed by atoms with Gasteiger partial charge >= 0.3 is 0 Å². The van der Waals surface area contributed by atoms with Crippen LogP contribution in [0.2, 0.25) is 0 Å². The van der Waals surface area contributed by atoms with E-state index in [2.05, 4.69) is 19.6 Å². The van der Waals surface area contributed by atoms with Crippen LogP contribution >= 0.6 is 12.6 Å². The van der Waals surface area contributed by atoms with Crippen molar-refractivity contribution in [3.63, 3.8) is 0 Å². The Morgan fingerprint density at radius 2 is 1.76 bits per heavy atom. The number of carbonyl (C=O) groups excluding carboxylic acids is 1. The molecule has 1 fully saturated rings. The maximum absolute atomic E-state index is 14.4. The Labute approximate surface area is 179 Å². The highest BCUT2D eigenvalue weighted by Gasteiger charge is 2.41. The van der Waals surface area contributed by atoms with Crippen LogP contribution in [0.5, 0.6) is 0 Å². The molecule has 3 rings (SSSR count). The number of hydrogen-bond donors (Lipinski definition) is 1. The number of alkyl halides is 2. The van der Waals surface area contributed by atoms with Gasteiger partial charge in [-0.2, -0.15) is 0 Å². The summed E-state index contributed by atoms with van der Waals surface area (Å²) in [6.45, 7) is 2.23. The summed E-state index contributed by atoms with van der Waals surface area (Å²) in [4.78, 5) is 11.5. The van der Waals surface area contributed by atoms with Gasteiger partial charge in [-0.3, -0.25) is 4.79 Å². The van der Waals surface area contributed by atoms with Gasteiger partial charge in [0.25, 0.3) is 6.43 Å². The molecule has 2 aliphatic carbocycles. The van der Waals surface area contributed by atoms with E-state index in [1.165, 1.54) is 50.7 Å². The van der Waals surface area contributed by atoms with Crippen LogP contribution in [0.4, 0.5) is 8.78 Å². The molecule has 29 heavy (non-hydrogen) atoms. The molecule has 0 saturated heterocycles. The van der Waals surface area contributed by atoms with Crippen molar-refractivity contribution in [1.82, 2.24) is 0 Å². The third kappa shape index (κ3) is 5.02. The quantitative estimate of drug-likeness (QED) is 0.267. The molecule has 0 spiro atoms. The van der Waals surface area contributed by atoms with Gasteiger partial charge in [-0.1, -0.05) is 81.2 Å².